The van der Waals surface area contributed by atoms with E-state index in [0.717, 1.165) is 0 Å². The Kier molecular flexibility index (Phi) is 4.07. The van der Waals surface area contributed by atoms with Gasteiger partial charge in [0.2, 0.25) is 0 Å². The Morgan fingerprint density at radius 3 is 2.84 bits per heavy atom. The van der Waals surface area contributed by atoms with E-state index in [1.54, 1.807) is 13.0 Å². The van der Waals surface area contributed by atoms with Crippen molar-refractivity contribution in [2.75, 3.05) is 5.32 Å². The molecule has 0 aliphatic rings. The number of nitrogens with zero attached hydrogens (tertiary/aromatic N) is 1. The molecule has 2 rings (SSSR count). The van der Waals surface area contributed by atoms with Crippen LogP contribution in [0.15, 0.2) is 29.2 Å². The summed E-state index contributed by atoms with van der Waals surface area (Å²) in [6.45, 7) is 1.71. The fourth-order valence-electron chi connectivity index (χ4n) is 1.71. The van der Waals surface area contributed by atoms with Crippen LogP contribution in [-0.4, -0.2) is 10.2 Å². The van der Waals surface area contributed by atoms with Gasteiger partial charge in [0.15, 0.2) is 0 Å². The van der Waals surface area contributed by atoms with Crippen molar-refractivity contribution in [3.8, 4) is 0 Å². The zero-order chi connectivity index (χ0) is 14.0. The van der Waals surface area contributed by atoms with Crippen molar-refractivity contribution in [1.82, 2.24) is 10.2 Å². The smallest absolute Gasteiger partial charge is 0.285 e. The Labute approximate surface area is 118 Å². The molecule has 0 aliphatic heterocycles. The van der Waals surface area contributed by atoms with E-state index in [4.69, 9.17) is 23.2 Å². The van der Waals surface area contributed by atoms with Crippen LogP contribution >= 0.6 is 23.2 Å². The van der Waals surface area contributed by atoms with E-state index >= 15 is 0 Å². The Bertz CT molecular complexity index is 639. The van der Waals surface area contributed by atoms with Gasteiger partial charge in [-0.2, -0.15) is 5.10 Å². The molecular formula is C12H10Cl2FN3O. The van der Waals surface area contributed by atoms with Crippen LogP contribution in [-0.2, 0) is 0 Å². The molecule has 0 amide bonds. The summed E-state index contributed by atoms with van der Waals surface area (Å²) in [7, 11) is 0. The normalized spacial score (nSPS) is 12.2. The highest BCUT2D eigenvalue weighted by molar-refractivity contribution is 6.33. The van der Waals surface area contributed by atoms with Gasteiger partial charge in [-0.3, -0.25) is 4.79 Å². The van der Waals surface area contributed by atoms with Gasteiger partial charge in [0.25, 0.3) is 5.56 Å². The van der Waals surface area contributed by atoms with Crippen molar-refractivity contribution in [3.63, 3.8) is 0 Å². The summed E-state index contributed by atoms with van der Waals surface area (Å²) in [6.07, 6.45) is 1.36. The van der Waals surface area contributed by atoms with Crippen molar-refractivity contribution in [3.05, 3.63) is 56.2 Å². The van der Waals surface area contributed by atoms with E-state index in [9.17, 15) is 9.18 Å². The molecule has 0 saturated carbocycles. The van der Waals surface area contributed by atoms with E-state index in [0.29, 0.717) is 16.3 Å². The van der Waals surface area contributed by atoms with E-state index < -0.39 is 17.4 Å². The van der Waals surface area contributed by atoms with Gasteiger partial charge in [0, 0.05) is 10.6 Å². The maximum atomic E-state index is 13.7. The molecular weight excluding hydrogens is 292 g/mol. The molecule has 2 aromatic rings. The fraction of sp³-hybridized carbons (Fsp3) is 0.167. The molecule has 0 saturated heterocycles. The van der Waals surface area contributed by atoms with Crippen LogP contribution in [0, 0.1) is 5.82 Å². The molecule has 0 bridgehead atoms. The number of nitrogens with one attached hydrogen (secondary N) is 2. The van der Waals surface area contributed by atoms with Crippen molar-refractivity contribution in [1.29, 1.82) is 0 Å². The van der Waals surface area contributed by atoms with E-state index in [1.807, 2.05) is 0 Å². The van der Waals surface area contributed by atoms with Gasteiger partial charge < -0.3 is 5.32 Å². The van der Waals surface area contributed by atoms with E-state index in [1.165, 1.54) is 18.3 Å². The van der Waals surface area contributed by atoms with Crippen molar-refractivity contribution < 1.29 is 4.39 Å². The SMILES string of the molecule is C[C@@H](Nc1cn[nH]c(=O)c1Cl)c1c(F)cccc1Cl. The summed E-state index contributed by atoms with van der Waals surface area (Å²) in [5, 5.41) is 9.00. The third-order valence-electron chi connectivity index (χ3n) is 2.60. The quantitative estimate of drug-likeness (QED) is 0.913. The number of halogens is 3. The van der Waals surface area contributed by atoms with Crippen LogP contribution in [0.2, 0.25) is 10.0 Å². The first kappa shape index (κ1) is 13.8. The molecule has 7 heteroatoms. The Morgan fingerprint density at radius 1 is 1.42 bits per heavy atom. The maximum absolute atomic E-state index is 13.7. The zero-order valence-corrected chi connectivity index (χ0v) is 11.4. The second-order valence-corrected chi connectivity index (χ2v) is 4.71. The first-order chi connectivity index (χ1) is 9.00. The molecule has 4 nitrogen and oxygen atoms in total. The predicted molar refractivity (Wildman–Crippen MR) is 73.3 cm³/mol. The first-order valence-electron chi connectivity index (χ1n) is 5.44. The second kappa shape index (κ2) is 5.59. The Hall–Kier alpha value is -1.59. The number of hydrogen-bond donors (Lipinski definition) is 2. The molecule has 1 aromatic carbocycles. The lowest BCUT2D eigenvalue weighted by Crippen LogP contribution is -2.15. The molecule has 1 aromatic heterocycles. The highest BCUT2D eigenvalue weighted by Gasteiger charge is 2.16. The third-order valence-corrected chi connectivity index (χ3v) is 3.31. The average molecular weight is 302 g/mol. The van der Waals surface area contributed by atoms with Crippen LogP contribution < -0.4 is 10.9 Å². The standard InChI is InChI=1S/C12H10Cl2FN3O/c1-6(10-7(13)3-2-4-8(10)15)17-9-5-16-18-12(19)11(9)14/h2-6H,1H3,(H2,17,18,19)/t6-/m1/s1. The maximum Gasteiger partial charge on any atom is 0.285 e. The molecule has 0 aliphatic carbocycles. The molecule has 2 N–H and O–H groups in total. The minimum absolute atomic E-state index is 0.0330. The summed E-state index contributed by atoms with van der Waals surface area (Å²) in [5.41, 5.74) is 0.108. The number of aromatic nitrogens is 2. The molecule has 100 valence electrons. The zero-order valence-electron chi connectivity index (χ0n) is 9.88. The topological polar surface area (TPSA) is 57.8 Å². The number of benzene rings is 1. The molecule has 0 unspecified atom stereocenters. The Morgan fingerprint density at radius 2 is 2.16 bits per heavy atom. The van der Waals surface area contributed by atoms with Gasteiger partial charge in [-0.15, -0.1) is 0 Å². The van der Waals surface area contributed by atoms with Gasteiger partial charge in [-0.1, -0.05) is 29.3 Å². The highest BCUT2D eigenvalue weighted by Crippen LogP contribution is 2.29. The number of hydrogen-bond acceptors (Lipinski definition) is 3. The second-order valence-electron chi connectivity index (χ2n) is 3.93. The van der Waals surface area contributed by atoms with Gasteiger partial charge in [0.1, 0.15) is 10.8 Å². The molecule has 0 radical (unpaired) electrons. The van der Waals surface area contributed by atoms with Crippen molar-refractivity contribution in [2.45, 2.75) is 13.0 Å². The van der Waals surface area contributed by atoms with Crippen LogP contribution in [0.5, 0.6) is 0 Å². The summed E-state index contributed by atoms with van der Waals surface area (Å²) in [4.78, 5) is 11.3. The van der Waals surface area contributed by atoms with Gasteiger partial charge in [-0.25, -0.2) is 9.49 Å². The third kappa shape index (κ3) is 2.88. The molecule has 1 heterocycles. The average Bonchev–Trinajstić information content (AvgIpc) is 2.35. The summed E-state index contributed by atoms with van der Waals surface area (Å²) < 4.78 is 13.7. The lowest BCUT2D eigenvalue weighted by atomic mass is 10.1. The first-order valence-corrected chi connectivity index (χ1v) is 6.20. The summed E-state index contributed by atoms with van der Waals surface area (Å²) in [5.74, 6) is -0.429. The molecule has 0 spiro atoms. The van der Waals surface area contributed by atoms with E-state index in [-0.39, 0.29) is 5.02 Å². The summed E-state index contributed by atoms with van der Waals surface area (Å²) in [6, 6.07) is 3.97. The van der Waals surface area contributed by atoms with Crippen LogP contribution in [0.4, 0.5) is 10.1 Å². The number of aromatic amines is 1. The van der Waals surface area contributed by atoms with Gasteiger partial charge in [0.05, 0.1) is 17.9 Å². The van der Waals surface area contributed by atoms with Crippen LogP contribution in [0.3, 0.4) is 0 Å². The van der Waals surface area contributed by atoms with Crippen LogP contribution in [0.1, 0.15) is 18.5 Å². The lowest BCUT2D eigenvalue weighted by molar-refractivity contribution is 0.600. The number of anilines is 1. The lowest BCUT2D eigenvalue weighted by Gasteiger charge is -2.17. The minimum Gasteiger partial charge on any atom is -0.376 e. The summed E-state index contributed by atoms with van der Waals surface area (Å²) >= 11 is 11.8. The molecule has 1 atom stereocenters. The largest absolute Gasteiger partial charge is 0.376 e. The Balaban J connectivity index is 2.34. The highest BCUT2D eigenvalue weighted by atomic mass is 35.5. The fourth-order valence-corrected chi connectivity index (χ4v) is 2.19. The van der Waals surface area contributed by atoms with E-state index in [2.05, 4.69) is 15.5 Å². The van der Waals surface area contributed by atoms with Crippen molar-refractivity contribution >= 4 is 28.9 Å². The van der Waals surface area contributed by atoms with Gasteiger partial charge in [-0.05, 0) is 19.1 Å². The molecule has 19 heavy (non-hydrogen) atoms. The molecule has 0 fully saturated rings. The number of H-pyrrole nitrogens is 1. The van der Waals surface area contributed by atoms with Crippen molar-refractivity contribution in [2.24, 2.45) is 0 Å². The predicted octanol–water partition coefficient (Wildman–Crippen LogP) is 3.39. The van der Waals surface area contributed by atoms with Gasteiger partial charge >= 0.3 is 0 Å². The van der Waals surface area contributed by atoms with Crippen LogP contribution in [0.25, 0.3) is 0 Å². The number of rotatable bonds is 3. The monoisotopic (exact) mass is 301 g/mol. The minimum atomic E-state index is -0.515.